The molecule has 0 aliphatic carbocycles. The predicted molar refractivity (Wildman–Crippen MR) is 57.2 cm³/mol. The minimum Gasteiger partial charge on any atom is -0.292 e. The van der Waals surface area contributed by atoms with Crippen molar-refractivity contribution in [2.75, 3.05) is 6.54 Å². The van der Waals surface area contributed by atoms with Crippen LogP contribution in [-0.2, 0) is 6.42 Å². The maximum atomic E-state index is 6.06. The van der Waals surface area contributed by atoms with E-state index in [0.717, 1.165) is 24.9 Å². The van der Waals surface area contributed by atoms with E-state index in [1.165, 1.54) is 5.56 Å². The summed E-state index contributed by atoms with van der Waals surface area (Å²) in [5.74, 6) is 0. The molecule has 68 valence electrons. The molecule has 0 amide bonds. The van der Waals surface area contributed by atoms with Crippen LogP contribution in [0.2, 0.25) is 10.0 Å². The molecule has 0 atom stereocenters. The second kappa shape index (κ2) is 3.69. The van der Waals surface area contributed by atoms with Gasteiger partial charge >= 0.3 is 0 Å². The Labute approximate surface area is 87.4 Å². The fourth-order valence-electron chi connectivity index (χ4n) is 1.48. The molecule has 0 saturated carbocycles. The Kier molecular flexibility index (Phi) is 2.56. The lowest BCUT2D eigenvalue weighted by Gasteiger charge is -2.05. The number of nitrogens with zero attached hydrogens (tertiary/aromatic N) is 1. The van der Waals surface area contributed by atoms with Crippen LogP contribution < -0.4 is 0 Å². The van der Waals surface area contributed by atoms with Crippen LogP contribution in [0.3, 0.4) is 0 Å². The SMILES string of the molecule is Clc1ccc2c(c1Cl)C=NCCC2. The Hall–Kier alpha value is -0.530. The summed E-state index contributed by atoms with van der Waals surface area (Å²) in [6.07, 6.45) is 3.95. The van der Waals surface area contributed by atoms with E-state index in [-0.39, 0.29) is 0 Å². The van der Waals surface area contributed by atoms with Crippen molar-refractivity contribution < 1.29 is 0 Å². The van der Waals surface area contributed by atoms with Gasteiger partial charge in [0.05, 0.1) is 10.0 Å². The summed E-state index contributed by atoms with van der Waals surface area (Å²) < 4.78 is 0. The molecule has 1 aromatic rings. The van der Waals surface area contributed by atoms with Crippen LogP contribution in [0, 0.1) is 0 Å². The summed E-state index contributed by atoms with van der Waals surface area (Å²) in [5, 5.41) is 1.23. The van der Waals surface area contributed by atoms with Gasteiger partial charge in [-0.25, -0.2) is 0 Å². The second-order valence-electron chi connectivity index (χ2n) is 3.07. The van der Waals surface area contributed by atoms with Crippen LogP contribution in [0.15, 0.2) is 17.1 Å². The van der Waals surface area contributed by atoms with E-state index in [0.29, 0.717) is 10.0 Å². The number of hydrogen-bond donors (Lipinski definition) is 0. The Morgan fingerprint density at radius 3 is 2.92 bits per heavy atom. The lowest BCUT2D eigenvalue weighted by molar-refractivity contribution is 0.846. The number of hydrogen-bond acceptors (Lipinski definition) is 1. The third kappa shape index (κ3) is 1.72. The van der Waals surface area contributed by atoms with Crippen LogP contribution in [0.5, 0.6) is 0 Å². The van der Waals surface area contributed by atoms with E-state index in [1.54, 1.807) is 0 Å². The summed E-state index contributed by atoms with van der Waals surface area (Å²) >= 11 is 12.0. The molecule has 1 aliphatic heterocycles. The molecule has 0 bridgehead atoms. The van der Waals surface area contributed by atoms with Crippen LogP contribution >= 0.6 is 23.2 Å². The molecule has 3 heteroatoms. The number of benzene rings is 1. The molecule has 0 radical (unpaired) electrons. The van der Waals surface area contributed by atoms with Crippen molar-refractivity contribution in [1.82, 2.24) is 0 Å². The Bertz CT molecular complexity index is 358. The van der Waals surface area contributed by atoms with Gasteiger partial charge in [0.15, 0.2) is 0 Å². The molecule has 0 unspecified atom stereocenters. The van der Waals surface area contributed by atoms with Gasteiger partial charge in [-0.15, -0.1) is 0 Å². The lowest BCUT2D eigenvalue weighted by atomic mass is 10.0. The standard InChI is InChI=1S/C10H9Cl2N/c11-9-4-3-7-2-1-5-13-6-8(7)10(9)12/h3-4,6H,1-2,5H2. The maximum Gasteiger partial charge on any atom is 0.0682 e. The molecule has 2 rings (SSSR count). The zero-order valence-electron chi connectivity index (χ0n) is 7.06. The maximum absolute atomic E-state index is 6.06. The minimum absolute atomic E-state index is 0.605. The van der Waals surface area contributed by atoms with Gasteiger partial charge in [0.2, 0.25) is 0 Å². The highest BCUT2D eigenvalue weighted by atomic mass is 35.5. The number of fused-ring (bicyclic) bond motifs is 1. The first kappa shape index (κ1) is 9.04. The van der Waals surface area contributed by atoms with Gasteiger partial charge in [-0.1, -0.05) is 29.3 Å². The molecule has 0 aromatic heterocycles. The summed E-state index contributed by atoms with van der Waals surface area (Å²) in [7, 11) is 0. The highest BCUT2D eigenvalue weighted by Gasteiger charge is 2.10. The Morgan fingerprint density at radius 2 is 2.08 bits per heavy atom. The van der Waals surface area contributed by atoms with Gasteiger partial charge in [-0.2, -0.15) is 0 Å². The molecule has 0 spiro atoms. The van der Waals surface area contributed by atoms with E-state index >= 15 is 0 Å². The summed E-state index contributed by atoms with van der Waals surface area (Å²) in [6, 6.07) is 3.88. The second-order valence-corrected chi connectivity index (χ2v) is 3.86. The van der Waals surface area contributed by atoms with Gasteiger partial charge in [-0.3, -0.25) is 4.99 Å². The van der Waals surface area contributed by atoms with Gasteiger partial charge in [-0.05, 0) is 24.5 Å². The van der Waals surface area contributed by atoms with Crippen molar-refractivity contribution in [3.8, 4) is 0 Å². The molecule has 1 aromatic carbocycles. The van der Waals surface area contributed by atoms with Crippen molar-refractivity contribution >= 4 is 29.4 Å². The third-order valence-electron chi connectivity index (χ3n) is 2.18. The van der Waals surface area contributed by atoms with Crippen molar-refractivity contribution in [1.29, 1.82) is 0 Å². The monoisotopic (exact) mass is 213 g/mol. The quantitative estimate of drug-likeness (QED) is 0.627. The highest BCUT2D eigenvalue weighted by Crippen LogP contribution is 2.28. The number of aliphatic imine (C=N–C) groups is 1. The van der Waals surface area contributed by atoms with Crippen LogP contribution in [0.1, 0.15) is 17.5 Å². The topological polar surface area (TPSA) is 12.4 Å². The summed E-state index contributed by atoms with van der Waals surface area (Å²) in [4.78, 5) is 4.25. The van der Waals surface area contributed by atoms with Crippen LogP contribution in [0.25, 0.3) is 0 Å². The number of rotatable bonds is 0. The molecule has 1 aliphatic rings. The Balaban J connectivity index is 2.58. The predicted octanol–water partition coefficient (Wildman–Crippen LogP) is 3.36. The third-order valence-corrected chi connectivity index (χ3v) is 3.00. The van der Waals surface area contributed by atoms with Gasteiger partial charge < -0.3 is 0 Å². The molecule has 0 saturated heterocycles. The minimum atomic E-state index is 0.605. The summed E-state index contributed by atoms with van der Waals surface area (Å²) in [5.41, 5.74) is 2.24. The fourth-order valence-corrected chi connectivity index (χ4v) is 1.88. The van der Waals surface area contributed by atoms with E-state index in [1.807, 2.05) is 18.3 Å². The van der Waals surface area contributed by atoms with Crippen LogP contribution in [0.4, 0.5) is 0 Å². The number of aryl methyl sites for hydroxylation is 1. The van der Waals surface area contributed by atoms with Crippen LogP contribution in [-0.4, -0.2) is 12.8 Å². The smallest absolute Gasteiger partial charge is 0.0682 e. The molecule has 0 N–H and O–H groups in total. The zero-order valence-corrected chi connectivity index (χ0v) is 8.57. The fraction of sp³-hybridized carbons (Fsp3) is 0.300. The van der Waals surface area contributed by atoms with Crippen molar-refractivity contribution in [2.45, 2.75) is 12.8 Å². The average Bonchev–Trinajstić information content (AvgIpc) is 2.36. The molecule has 1 nitrogen and oxygen atoms in total. The van der Waals surface area contributed by atoms with Gasteiger partial charge in [0.25, 0.3) is 0 Å². The number of halogens is 2. The van der Waals surface area contributed by atoms with Crippen molar-refractivity contribution in [3.05, 3.63) is 33.3 Å². The molecular formula is C10H9Cl2N. The summed E-state index contributed by atoms with van der Waals surface area (Å²) in [6.45, 7) is 0.878. The van der Waals surface area contributed by atoms with E-state index in [2.05, 4.69) is 4.99 Å². The molecule has 1 heterocycles. The molecule has 13 heavy (non-hydrogen) atoms. The first-order chi connectivity index (χ1) is 6.29. The van der Waals surface area contributed by atoms with E-state index < -0.39 is 0 Å². The molecule has 0 fully saturated rings. The van der Waals surface area contributed by atoms with E-state index in [9.17, 15) is 0 Å². The first-order valence-corrected chi connectivity index (χ1v) is 5.01. The van der Waals surface area contributed by atoms with E-state index in [4.69, 9.17) is 23.2 Å². The zero-order chi connectivity index (χ0) is 9.26. The molecular weight excluding hydrogens is 205 g/mol. The van der Waals surface area contributed by atoms with Gasteiger partial charge in [0, 0.05) is 18.3 Å². The average molecular weight is 214 g/mol. The normalized spacial score (nSPS) is 15.2. The largest absolute Gasteiger partial charge is 0.292 e. The highest BCUT2D eigenvalue weighted by molar-refractivity contribution is 6.43. The van der Waals surface area contributed by atoms with Gasteiger partial charge in [0.1, 0.15) is 0 Å². The van der Waals surface area contributed by atoms with Crippen molar-refractivity contribution in [3.63, 3.8) is 0 Å². The van der Waals surface area contributed by atoms with Crippen molar-refractivity contribution in [2.24, 2.45) is 4.99 Å². The lowest BCUT2D eigenvalue weighted by Crippen LogP contribution is -1.92. The first-order valence-electron chi connectivity index (χ1n) is 4.26. The Morgan fingerprint density at radius 1 is 1.23 bits per heavy atom.